The van der Waals surface area contributed by atoms with Gasteiger partial charge in [0, 0.05) is 0 Å². The standard InChI is InChI=1S/C23H42/c1-15-8-7-9-21(15)19-12-16(2)20(17(3)13-19)11-10-18-14-22(18)23(4,5)6/h15-22H,7-14H2,1-6H3. The zero-order valence-electron chi connectivity index (χ0n) is 16.8. The number of hydrogen-bond acceptors (Lipinski definition) is 0. The molecule has 0 heteroatoms. The van der Waals surface area contributed by atoms with Gasteiger partial charge in [-0.2, -0.15) is 0 Å². The van der Waals surface area contributed by atoms with E-state index in [-0.39, 0.29) is 0 Å². The van der Waals surface area contributed by atoms with Gasteiger partial charge in [-0.05, 0) is 91.3 Å². The van der Waals surface area contributed by atoms with Crippen LogP contribution in [0.15, 0.2) is 0 Å². The van der Waals surface area contributed by atoms with Crippen LogP contribution in [0, 0.1) is 52.8 Å². The molecule has 134 valence electrons. The van der Waals surface area contributed by atoms with Gasteiger partial charge in [-0.25, -0.2) is 0 Å². The van der Waals surface area contributed by atoms with Gasteiger partial charge in [0.05, 0.1) is 0 Å². The first-order chi connectivity index (χ1) is 10.8. The van der Waals surface area contributed by atoms with E-state index in [2.05, 4.69) is 41.5 Å². The van der Waals surface area contributed by atoms with Crippen LogP contribution >= 0.6 is 0 Å². The van der Waals surface area contributed by atoms with E-state index in [0.717, 1.165) is 47.3 Å². The highest BCUT2D eigenvalue weighted by Gasteiger charge is 2.45. The van der Waals surface area contributed by atoms with Crippen molar-refractivity contribution < 1.29 is 0 Å². The SMILES string of the molecule is CC1CC(C2CCCC2C)CC(C)C1CCC1CC1C(C)(C)C. The molecule has 0 nitrogen and oxygen atoms in total. The molecule has 6 unspecified atom stereocenters. The van der Waals surface area contributed by atoms with E-state index in [0.29, 0.717) is 5.41 Å². The minimum absolute atomic E-state index is 0.554. The molecule has 0 aromatic heterocycles. The van der Waals surface area contributed by atoms with Crippen LogP contribution in [0.25, 0.3) is 0 Å². The predicted molar refractivity (Wildman–Crippen MR) is 101 cm³/mol. The third-order valence-electron chi connectivity index (χ3n) is 8.25. The van der Waals surface area contributed by atoms with Crippen LogP contribution in [-0.4, -0.2) is 0 Å². The number of hydrogen-bond donors (Lipinski definition) is 0. The Morgan fingerprint density at radius 1 is 0.783 bits per heavy atom. The Hall–Kier alpha value is 0. The Kier molecular flexibility index (Phi) is 5.20. The van der Waals surface area contributed by atoms with Crippen LogP contribution in [0.5, 0.6) is 0 Å². The molecular weight excluding hydrogens is 276 g/mol. The van der Waals surface area contributed by atoms with Crippen LogP contribution in [0.2, 0.25) is 0 Å². The maximum atomic E-state index is 2.58. The summed E-state index contributed by atoms with van der Waals surface area (Å²) in [4.78, 5) is 0. The lowest BCUT2D eigenvalue weighted by Gasteiger charge is -2.42. The molecule has 6 atom stereocenters. The minimum atomic E-state index is 0.554. The average Bonchev–Trinajstić information content (AvgIpc) is 3.11. The third-order valence-corrected chi connectivity index (χ3v) is 8.25. The van der Waals surface area contributed by atoms with Gasteiger partial charge in [-0.1, -0.05) is 54.4 Å². The van der Waals surface area contributed by atoms with Gasteiger partial charge < -0.3 is 0 Å². The van der Waals surface area contributed by atoms with Gasteiger partial charge in [-0.15, -0.1) is 0 Å². The summed E-state index contributed by atoms with van der Waals surface area (Å²) in [5.74, 6) is 8.17. The third kappa shape index (κ3) is 3.98. The summed E-state index contributed by atoms with van der Waals surface area (Å²) in [6.07, 6.45) is 12.2. The van der Waals surface area contributed by atoms with Crippen molar-refractivity contribution in [1.29, 1.82) is 0 Å². The monoisotopic (exact) mass is 318 g/mol. The second kappa shape index (κ2) is 6.72. The fourth-order valence-electron chi connectivity index (χ4n) is 6.79. The summed E-state index contributed by atoms with van der Waals surface area (Å²) in [6, 6.07) is 0. The van der Waals surface area contributed by atoms with E-state index in [1.54, 1.807) is 0 Å². The summed E-state index contributed by atoms with van der Waals surface area (Å²) >= 11 is 0. The molecule has 0 bridgehead atoms. The smallest absolute Gasteiger partial charge is 0.0334 e. The summed E-state index contributed by atoms with van der Waals surface area (Å²) < 4.78 is 0. The molecule has 0 aromatic rings. The van der Waals surface area contributed by atoms with Gasteiger partial charge >= 0.3 is 0 Å². The van der Waals surface area contributed by atoms with Gasteiger partial charge in [0.2, 0.25) is 0 Å². The van der Waals surface area contributed by atoms with Gasteiger partial charge in [-0.3, -0.25) is 0 Å². The van der Waals surface area contributed by atoms with Crippen molar-refractivity contribution in [3.63, 3.8) is 0 Å². The Morgan fingerprint density at radius 3 is 1.91 bits per heavy atom. The molecule has 0 aliphatic heterocycles. The maximum absolute atomic E-state index is 2.58. The van der Waals surface area contributed by atoms with Crippen LogP contribution in [-0.2, 0) is 0 Å². The lowest BCUT2D eigenvalue weighted by molar-refractivity contribution is 0.0734. The molecular formula is C23H42. The largest absolute Gasteiger partial charge is 0.0622 e. The van der Waals surface area contributed by atoms with Crippen molar-refractivity contribution in [2.24, 2.45) is 52.8 Å². The molecule has 0 N–H and O–H groups in total. The van der Waals surface area contributed by atoms with Crippen LogP contribution < -0.4 is 0 Å². The Balaban J connectivity index is 1.48. The summed E-state index contributed by atoms with van der Waals surface area (Å²) in [6.45, 7) is 15.0. The first-order valence-corrected chi connectivity index (χ1v) is 10.8. The molecule has 0 amide bonds. The molecule has 3 fully saturated rings. The van der Waals surface area contributed by atoms with Gasteiger partial charge in [0.15, 0.2) is 0 Å². The molecule has 23 heavy (non-hydrogen) atoms. The Morgan fingerprint density at radius 2 is 1.43 bits per heavy atom. The molecule has 3 rings (SSSR count). The van der Waals surface area contributed by atoms with E-state index in [1.807, 2.05) is 0 Å². The van der Waals surface area contributed by atoms with Crippen LogP contribution in [0.4, 0.5) is 0 Å². The molecule has 0 radical (unpaired) electrons. The highest BCUT2D eigenvalue weighted by molar-refractivity contribution is 4.95. The quantitative estimate of drug-likeness (QED) is 0.515. The van der Waals surface area contributed by atoms with Gasteiger partial charge in [0.1, 0.15) is 0 Å². The predicted octanol–water partition coefficient (Wildman–Crippen LogP) is 7.18. The zero-order chi connectivity index (χ0) is 16.8. The van der Waals surface area contributed by atoms with E-state index in [1.165, 1.54) is 51.4 Å². The van der Waals surface area contributed by atoms with E-state index in [4.69, 9.17) is 0 Å². The topological polar surface area (TPSA) is 0 Å². The second-order valence-electron chi connectivity index (χ2n) is 11.0. The summed E-state index contributed by atoms with van der Waals surface area (Å²) in [7, 11) is 0. The highest BCUT2D eigenvalue weighted by Crippen LogP contribution is 2.55. The molecule has 0 aromatic carbocycles. The van der Waals surface area contributed by atoms with Crippen LogP contribution in [0.1, 0.15) is 92.9 Å². The van der Waals surface area contributed by atoms with E-state index >= 15 is 0 Å². The van der Waals surface area contributed by atoms with E-state index in [9.17, 15) is 0 Å². The molecule has 0 spiro atoms. The van der Waals surface area contributed by atoms with Crippen molar-refractivity contribution in [2.75, 3.05) is 0 Å². The maximum Gasteiger partial charge on any atom is -0.0334 e. The first-order valence-electron chi connectivity index (χ1n) is 10.8. The van der Waals surface area contributed by atoms with Crippen molar-refractivity contribution in [3.8, 4) is 0 Å². The fraction of sp³-hybridized carbons (Fsp3) is 1.00. The second-order valence-corrected chi connectivity index (χ2v) is 11.0. The van der Waals surface area contributed by atoms with E-state index < -0.39 is 0 Å². The van der Waals surface area contributed by atoms with Crippen LogP contribution in [0.3, 0.4) is 0 Å². The first kappa shape index (κ1) is 17.8. The number of rotatable bonds is 4. The van der Waals surface area contributed by atoms with Gasteiger partial charge in [0.25, 0.3) is 0 Å². The molecule has 0 heterocycles. The summed E-state index contributed by atoms with van der Waals surface area (Å²) in [5.41, 5.74) is 0.554. The molecule has 0 saturated heterocycles. The van der Waals surface area contributed by atoms with Crippen molar-refractivity contribution in [3.05, 3.63) is 0 Å². The normalized spacial score (nSPS) is 47.7. The van der Waals surface area contributed by atoms with Crippen molar-refractivity contribution in [2.45, 2.75) is 92.9 Å². The molecule has 3 saturated carbocycles. The zero-order valence-corrected chi connectivity index (χ0v) is 16.8. The highest BCUT2D eigenvalue weighted by atomic mass is 14.5. The Bertz CT molecular complexity index is 377. The van der Waals surface area contributed by atoms with Crippen molar-refractivity contribution in [1.82, 2.24) is 0 Å². The lowest BCUT2D eigenvalue weighted by Crippen LogP contribution is -2.34. The van der Waals surface area contributed by atoms with Crippen molar-refractivity contribution >= 4 is 0 Å². The molecule has 3 aliphatic carbocycles. The summed E-state index contributed by atoms with van der Waals surface area (Å²) in [5, 5.41) is 0. The lowest BCUT2D eigenvalue weighted by atomic mass is 9.63. The average molecular weight is 319 g/mol. The Labute approximate surface area is 146 Å². The minimum Gasteiger partial charge on any atom is -0.0622 e. The molecule has 3 aliphatic rings. The fourth-order valence-corrected chi connectivity index (χ4v) is 6.79.